The van der Waals surface area contributed by atoms with E-state index >= 15 is 0 Å². The zero-order valence-electron chi connectivity index (χ0n) is 14.2. The number of rotatable bonds is 6. The van der Waals surface area contributed by atoms with Gasteiger partial charge in [-0.2, -0.15) is 0 Å². The quantitative estimate of drug-likeness (QED) is 0.477. The van der Waals surface area contributed by atoms with E-state index in [0.717, 1.165) is 51.0 Å². The Kier molecular flexibility index (Phi) is 5.85. The molecule has 23 heavy (non-hydrogen) atoms. The molecule has 3 rings (SSSR count). The molecule has 2 aliphatic heterocycles. The molecule has 2 fully saturated rings. The van der Waals surface area contributed by atoms with Crippen LogP contribution >= 0.6 is 0 Å². The molecule has 0 amide bonds. The summed E-state index contributed by atoms with van der Waals surface area (Å²) in [5.74, 6) is 1.07. The van der Waals surface area contributed by atoms with E-state index in [2.05, 4.69) is 30.3 Å². The Morgan fingerprint density at radius 3 is 2.70 bits per heavy atom. The predicted molar refractivity (Wildman–Crippen MR) is 91.4 cm³/mol. The largest absolute Gasteiger partial charge is 0.356 e. The Morgan fingerprint density at radius 2 is 1.96 bits per heavy atom. The molecular formula is C16H29N7. The molecule has 2 aliphatic rings. The van der Waals surface area contributed by atoms with Gasteiger partial charge in [0.15, 0.2) is 5.96 Å². The molecule has 0 aromatic carbocycles. The van der Waals surface area contributed by atoms with Crippen LogP contribution in [0.5, 0.6) is 0 Å². The minimum atomic E-state index is 0.727. The van der Waals surface area contributed by atoms with Crippen LogP contribution in [0.25, 0.3) is 0 Å². The van der Waals surface area contributed by atoms with E-state index in [9.17, 15) is 0 Å². The van der Waals surface area contributed by atoms with Gasteiger partial charge in [0.1, 0.15) is 12.7 Å². The molecule has 2 saturated heterocycles. The lowest BCUT2D eigenvalue weighted by Crippen LogP contribution is -2.43. The van der Waals surface area contributed by atoms with Crippen LogP contribution in [0, 0.1) is 0 Å². The number of nitrogens with zero attached hydrogens (tertiary/aromatic N) is 6. The fourth-order valence-electron chi connectivity index (χ4n) is 3.63. The number of nitrogens with one attached hydrogen (secondary N) is 1. The molecule has 0 spiro atoms. The smallest absolute Gasteiger partial charge is 0.193 e. The second-order valence-corrected chi connectivity index (χ2v) is 6.51. The van der Waals surface area contributed by atoms with E-state index < -0.39 is 0 Å². The van der Waals surface area contributed by atoms with Crippen molar-refractivity contribution in [3.8, 4) is 0 Å². The first-order chi connectivity index (χ1) is 11.4. The van der Waals surface area contributed by atoms with Crippen LogP contribution in [-0.4, -0.2) is 76.3 Å². The predicted octanol–water partition coefficient (Wildman–Crippen LogP) is 0.804. The summed E-state index contributed by atoms with van der Waals surface area (Å²) in [4.78, 5) is 9.54. The molecule has 0 saturated carbocycles. The maximum absolute atomic E-state index is 4.47. The van der Waals surface area contributed by atoms with E-state index in [1.165, 1.54) is 32.4 Å². The van der Waals surface area contributed by atoms with Crippen molar-refractivity contribution < 1.29 is 0 Å². The summed E-state index contributed by atoms with van der Waals surface area (Å²) in [6.07, 6.45) is 9.81. The van der Waals surface area contributed by atoms with Crippen LogP contribution in [0.3, 0.4) is 0 Å². The first kappa shape index (κ1) is 16.2. The zero-order valence-corrected chi connectivity index (χ0v) is 14.2. The van der Waals surface area contributed by atoms with E-state index in [1.807, 2.05) is 11.6 Å². The molecule has 3 heterocycles. The number of aromatic nitrogens is 3. The Labute approximate surface area is 138 Å². The third-order valence-electron chi connectivity index (χ3n) is 4.92. The van der Waals surface area contributed by atoms with Crippen molar-refractivity contribution in [2.24, 2.45) is 4.99 Å². The van der Waals surface area contributed by atoms with Gasteiger partial charge < -0.3 is 14.8 Å². The Bertz CT molecular complexity index is 479. The first-order valence-corrected chi connectivity index (χ1v) is 8.89. The number of hydrogen-bond donors (Lipinski definition) is 1. The van der Waals surface area contributed by atoms with Gasteiger partial charge in [-0.05, 0) is 45.2 Å². The number of aryl methyl sites for hydroxylation is 1. The van der Waals surface area contributed by atoms with Crippen LogP contribution < -0.4 is 5.32 Å². The lowest BCUT2D eigenvalue weighted by Gasteiger charge is -2.25. The first-order valence-electron chi connectivity index (χ1n) is 8.89. The topological polar surface area (TPSA) is 61.6 Å². The van der Waals surface area contributed by atoms with Crippen molar-refractivity contribution in [1.82, 2.24) is 29.9 Å². The maximum atomic E-state index is 4.47. The summed E-state index contributed by atoms with van der Waals surface area (Å²) < 4.78 is 2.02. The Hall–Kier alpha value is -1.63. The summed E-state index contributed by atoms with van der Waals surface area (Å²) in [5, 5.41) is 11.2. The van der Waals surface area contributed by atoms with Crippen molar-refractivity contribution in [1.29, 1.82) is 0 Å². The normalized spacial score (nSPS) is 22.9. The lowest BCUT2D eigenvalue weighted by molar-refractivity contribution is 0.249. The summed E-state index contributed by atoms with van der Waals surface area (Å²) in [7, 11) is 1.89. The monoisotopic (exact) mass is 319 g/mol. The van der Waals surface area contributed by atoms with Gasteiger partial charge in [0.2, 0.25) is 0 Å². The van der Waals surface area contributed by atoms with E-state index in [1.54, 1.807) is 12.7 Å². The van der Waals surface area contributed by atoms with Gasteiger partial charge >= 0.3 is 0 Å². The molecule has 1 aromatic heterocycles. The molecule has 7 nitrogen and oxygen atoms in total. The van der Waals surface area contributed by atoms with Gasteiger partial charge in [-0.3, -0.25) is 9.89 Å². The highest BCUT2D eigenvalue weighted by atomic mass is 15.3. The van der Waals surface area contributed by atoms with Gasteiger partial charge in [0, 0.05) is 39.3 Å². The average Bonchev–Trinajstić information content (AvgIpc) is 3.32. The summed E-state index contributed by atoms with van der Waals surface area (Å²) in [5.41, 5.74) is 0. The molecule has 128 valence electrons. The van der Waals surface area contributed by atoms with Crippen molar-refractivity contribution in [2.75, 3.05) is 39.8 Å². The molecule has 1 N–H and O–H groups in total. The molecule has 1 aromatic rings. The van der Waals surface area contributed by atoms with Crippen LogP contribution in [0.4, 0.5) is 0 Å². The van der Waals surface area contributed by atoms with E-state index in [0.29, 0.717) is 0 Å². The number of guanidine groups is 1. The van der Waals surface area contributed by atoms with Gasteiger partial charge in [0.05, 0.1) is 0 Å². The van der Waals surface area contributed by atoms with Crippen molar-refractivity contribution >= 4 is 5.96 Å². The van der Waals surface area contributed by atoms with Gasteiger partial charge in [0.25, 0.3) is 0 Å². The van der Waals surface area contributed by atoms with Gasteiger partial charge in [-0.15, -0.1) is 10.2 Å². The van der Waals surface area contributed by atoms with Gasteiger partial charge in [-0.1, -0.05) is 0 Å². The number of unbranched alkanes of at least 4 members (excludes halogenated alkanes) is 1. The van der Waals surface area contributed by atoms with Crippen LogP contribution in [-0.2, 0) is 6.54 Å². The molecule has 1 atom stereocenters. The average molecular weight is 319 g/mol. The minimum Gasteiger partial charge on any atom is -0.356 e. The Morgan fingerprint density at radius 1 is 1.17 bits per heavy atom. The molecule has 7 heteroatoms. The van der Waals surface area contributed by atoms with Crippen LogP contribution in [0.15, 0.2) is 17.6 Å². The summed E-state index contributed by atoms with van der Waals surface area (Å²) in [6.45, 7) is 6.77. The van der Waals surface area contributed by atoms with Crippen molar-refractivity contribution in [3.05, 3.63) is 12.7 Å². The van der Waals surface area contributed by atoms with E-state index in [-0.39, 0.29) is 0 Å². The maximum Gasteiger partial charge on any atom is 0.193 e. The second-order valence-electron chi connectivity index (χ2n) is 6.51. The summed E-state index contributed by atoms with van der Waals surface area (Å²) >= 11 is 0. The highest BCUT2D eigenvalue weighted by Gasteiger charge is 2.30. The van der Waals surface area contributed by atoms with Crippen LogP contribution in [0.1, 0.15) is 32.1 Å². The molecule has 0 aliphatic carbocycles. The number of aliphatic imine (C=N–C) groups is 1. The highest BCUT2D eigenvalue weighted by molar-refractivity contribution is 5.80. The number of hydrogen-bond acceptors (Lipinski definition) is 4. The van der Waals surface area contributed by atoms with Crippen molar-refractivity contribution in [3.63, 3.8) is 0 Å². The van der Waals surface area contributed by atoms with E-state index in [4.69, 9.17) is 0 Å². The fourth-order valence-corrected chi connectivity index (χ4v) is 3.63. The number of likely N-dealkylation sites (tertiary alicyclic amines) is 2. The van der Waals surface area contributed by atoms with Crippen molar-refractivity contribution in [2.45, 2.75) is 44.7 Å². The molecular weight excluding hydrogens is 290 g/mol. The Balaban J connectivity index is 1.35. The molecule has 1 unspecified atom stereocenters. The van der Waals surface area contributed by atoms with Crippen LogP contribution in [0.2, 0.25) is 0 Å². The summed E-state index contributed by atoms with van der Waals surface area (Å²) in [6, 6.07) is 0.727. The third-order valence-corrected chi connectivity index (χ3v) is 4.92. The minimum absolute atomic E-state index is 0.727. The van der Waals surface area contributed by atoms with Gasteiger partial charge in [-0.25, -0.2) is 0 Å². The standard InChI is InChI=1S/C16H29N7/c1-17-16(18-7-2-3-8-21-13-19-20-14-21)23-11-6-15(12-23)22-9-4-5-10-22/h13-15H,2-12H2,1H3,(H,17,18). The molecule has 0 radical (unpaired) electrons. The third kappa shape index (κ3) is 4.43. The lowest BCUT2D eigenvalue weighted by atomic mass is 10.2. The molecule has 0 bridgehead atoms. The SMILES string of the molecule is CN=C(NCCCCn1cnnc1)N1CCC(N2CCCC2)C1. The zero-order chi connectivity index (χ0) is 15.9. The highest BCUT2D eigenvalue weighted by Crippen LogP contribution is 2.20. The fraction of sp³-hybridized carbons (Fsp3) is 0.812. The second kappa shape index (κ2) is 8.29.